The Kier molecular flexibility index (Phi) is 2.65. The van der Waals surface area contributed by atoms with Crippen molar-refractivity contribution in [2.24, 2.45) is 0 Å². The smallest absolute Gasteiger partial charge is 0.243 e. The number of nitrogens with zero attached hydrogens (tertiary/aromatic N) is 2. The topological polar surface area (TPSA) is 80.4 Å². The van der Waals surface area contributed by atoms with Crippen LogP contribution in [-0.2, 0) is 10.3 Å². The molecule has 3 rings (SSSR count). The van der Waals surface area contributed by atoms with E-state index in [2.05, 4.69) is 15.5 Å². The van der Waals surface area contributed by atoms with E-state index in [4.69, 9.17) is 9.26 Å². The molecule has 0 aliphatic carbocycles. The van der Waals surface area contributed by atoms with Crippen LogP contribution in [0.2, 0.25) is 0 Å². The predicted octanol–water partition coefficient (Wildman–Crippen LogP) is 0.490. The molecule has 2 N–H and O–H groups in total. The van der Waals surface area contributed by atoms with Gasteiger partial charge in [0.2, 0.25) is 11.7 Å². The summed E-state index contributed by atoms with van der Waals surface area (Å²) in [5, 5.41) is 16.6. The summed E-state index contributed by atoms with van der Waals surface area (Å²) in [6.07, 6.45) is 2.25. The average molecular weight is 239 g/mol. The molecule has 0 amide bonds. The Balaban J connectivity index is 1.78. The summed E-state index contributed by atoms with van der Waals surface area (Å²) in [4.78, 5) is 4.40. The molecule has 6 heteroatoms. The molecule has 2 saturated heterocycles. The van der Waals surface area contributed by atoms with E-state index in [0.29, 0.717) is 24.7 Å². The van der Waals surface area contributed by atoms with Gasteiger partial charge in [0.25, 0.3) is 0 Å². The molecule has 0 aromatic carbocycles. The molecule has 2 aliphatic heterocycles. The standard InChI is InChI=1S/C11H17N3O3/c1-11(3-2-4-16-11)10-13-9(17-14-10)8-5-7(15)6-12-8/h7-8,12,15H,2-6H2,1H3/t7?,8-,11?/m0/s1. The number of aliphatic hydroxyl groups excluding tert-OH is 1. The molecule has 1 aromatic rings. The molecule has 3 heterocycles. The number of aliphatic hydroxyl groups is 1. The van der Waals surface area contributed by atoms with Gasteiger partial charge in [0, 0.05) is 13.2 Å². The first-order valence-electron chi connectivity index (χ1n) is 6.07. The summed E-state index contributed by atoms with van der Waals surface area (Å²) in [6.45, 7) is 3.32. The van der Waals surface area contributed by atoms with Crippen LogP contribution in [0.3, 0.4) is 0 Å². The lowest BCUT2D eigenvalue weighted by Gasteiger charge is -2.17. The molecule has 0 spiro atoms. The number of ether oxygens (including phenoxy) is 1. The highest BCUT2D eigenvalue weighted by Crippen LogP contribution is 2.34. The molecule has 3 atom stereocenters. The zero-order chi connectivity index (χ0) is 11.9. The van der Waals surface area contributed by atoms with E-state index in [1.165, 1.54) is 0 Å². The quantitative estimate of drug-likeness (QED) is 0.781. The first kappa shape index (κ1) is 11.1. The normalized spacial score (nSPS) is 37.8. The van der Waals surface area contributed by atoms with Gasteiger partial charge in [0.15, 0.2) is 0 Å². The van der Waals surface area contributed by atoms with Gasteiger partial charge >= 0.3 is 0 Å². The minimum atomic E-state index is -0.404. The molecular weight excluding hydrogens is 222 g/mol. The van der Waals surface area contributed by atoms with Crippen molar-refractivity contribution in [3.63, 3.8) is 0 Å². The van der Waals surface area contributed by atoms with Gasteiger partial charge in [0.05, 0.1) is 12.1 Å². The van der Waals surface area contributed by atoms with E-state index in [9.17, 15) is 5.11 Å². The van der Waals surface area contributed by atoms with Crippen molar-refractivity contribution in [1.82, 2.24) is 15.5 Å². The second kappa shape index (κ2) is 4.04. The van der Waals surface area contributed by atoms with Crippen LogP contribution < -0.4 is 5.32 Å². The fourth-order valence-corrected chi connectivity index (χ4v) is 2.45. The van der Waals surface area contributed by atoms with Crippen LogP contribution in [0.1, 0.15) is 43.9 Å². The summed E-state index contributed by atoms with van der Waals surface area (Å²) >= 11 is 0. The van der Waals surface area contributed by atoms with Gasteiger partial charge in [-0.25, -0.2) is 0 Å². The van der Waals surface area contributed by atoms with E-state index < -0.39 is 5.60 Å². The largest absolute Gasteiger partial charge is 0.392 e. The monoisotopic (exact) mass is 239 g/mol. The minimum Gasteiger partial charge on any atom is -0.392 e. The lowest BCUT2D eigenvalue weighted by atomic mass is 10.0. The minimum absolute atomic E-state index is 0.0312. The Morgan fingerprint density at radius 3 is 3.06 bits per heavy atom. The van der Waals surface area contributed by atoms with Crippen molar-refractivity contribution in [2.75, 3.05) is 13.2 Å². The Morgan fingerprint density at radius 1 is 1.53 bits per heavy atom. The number of hydrogen-bond acceptors (Lipinski definition) is 6. The molecule has 6 nitrogen and oxygen atoms in total. The maximum atomic E-state index is 9.45. The zero-order valence-corrected chi connectivity index (χ0v) is 9.85. The van der Waals surface area contributed by atoms with E-state index in [1.807, 2.05) is 6.92 Å². The second-order valence-corrected chi connectivity index (χ2v) is 4.99. The third kappa shape index (κ3) is 1.96. The number of aromatic nitrogens is 2. The van der Waals surface area contributed by atoms with E-state index >= 15 is 0 Å². The first-order valence-corrected chi connectivity index (χ1v) is 6.07. The molecule has 2 fully saturated rings. The summed E-state index contributed by atoms with van der Waals surface area (Å²) in [5.74, 6) is 1.17. The summed E-state index contributed by atoms with van der Waals surface area (Å²) in [6, 6.07) is -0.0312. The van der Waals surface area contributed by atoms with Crippen LogP contribution in [0.25, 0.3) is 0 Å². The Morgan fingerprint density at radius 2 is 2.41 bits per heavy atom. The Hall–Kier alpha value is -0.980. The third-order valence-electron chi connectivity index (χ3n) is 3.54. The van der Waals surface area contributed by atoms with Crippen LogP contribution >= 0.6 is 0 Å². The maximum absolute atomic E-state index is 9.45. The van der Waals surface area contributed by atoms with Crippen LogP contribution in [0.4, 0.5) is 0 Å². The highest BCUT2D eigenvalue weighted by molar-refractivity contribution is 5.04. The van der Waals surface area contributed by atoms with Crippen molar-refractivity contribution in [3.8, 4) is 0 Å². The van der Waals surface area contributed by atoms with Gasteiger partial charge < -0.3 is 19.7 Å². The van der Waals surface area contributed by atoms with Gasteiger partial charge in [-0.15, -0.1) is 0 Å². The summed E-state index contributed by atoms with van der Waals surface area (Å²) in [5.41, 5.74) is -0.404. The van der Waals surface area contributed by atoms with E-state index in [-0.39, 0.29) is 12.1 Å². The molecule has 2 unspecified atom stereocenters. The fraction of sp³-hybridized carbons (Fsp3) is 0.818. The highest BCUT2D eigenvalue weighted by Gasteiger charge is 2.38. The van der Waals surface area contributed by atoms with Crippen LogP contribution in [-0.4, -0.2) is 34.5 Å². The van der Waals surface area contributed by atoms with Crippen LogP contribution in [0, 0.1) is 0 Å². The molecular formula is C11H17N3O3. The van der Waals surface area contributed by atoms with Crippen molar-refractivity contribution < 1.29 is 14.4 Å². The number of β-amino-alcohol motifs (C(OH)–C–C–N with tert-alkyl or cyclic N) is 1. The Labute approximate surface area is 99.3 Å². The van der Waals surface area contributed by atoms with Crippen molar-refractivity contribution in [1.29, 1.82) is 0 Å². The van der Waals surface area contributed by atoms with Crippen LogP contribution in [0.15, 0.2) is 4.52 Å². The molecule has 2 aliphatic rings. The van der Waals surface area contributed by atoms with Gasteiger partial charge in [-0.05, 0) is 26.2 Å². The zero-order valence-electron chi connectivity index (χ0n) is 9.85. The molecule has 94 valence electrons. The maximum Gasteiger partial charge on any atom is 0.243 e. The van der Waals surface area contributed by atoms with Crippen molar-refractivity contribution in [3.05, 3.63) is 11.7 Å². The first-order chi connectivity index (χ1) is 8.17. The number of nitrogens with one attached hydrogen (secondary N) is 1. The number of hydrogen-bond donors (Lipinski definition) is 2. The average Bonchev–Trinajstić information content (AvgIpc) is 2.96. The molecule has 1 aromatic heterocycles. The van der Waals surface area contributed by atoms with Gasteiger partial charge in [-0.3, -0.25) is 0 Å². The third-order valence-corrected chi connectivity index (χ3v) is 3.54. The predicted molar refractivity (Wildman–Crippen MR) is 58.2 cm³/mol. The second-order valence-electron chi connectivity index (χ2n) is 4.99. The summed E-state index contributed by atoms with van der Waals surface area (Å²) < 4.78 is 10.9. The van der Waals surface area contributed by atoms with E-state index in [1.54, 1.807) is 0 Å². The van der Waals surface area contributed by atoms with Gasteiger partial charge in [-0.2, -0.15) is 4.98 Å². The van der Waals surface area contributed by atoms with Crippen molar-refractivity contribution in [2.45, 2.75) is 43.9 Å². The molecule has 17 heavy (non-hydrogen) atoms. The number of rotatable bonds is 2. The van der Waals surface area contributed by atoms with Crippen molar-refractivity contribution >= 4 is 0 Å². The van der Waals surface area contributed by atoms with Crippen LogP contribution in [0.5, 0.6) is 0 Å². The molecule has 0 radical (unpaired) electrons. The fourth-order valence-electron chi connectivity index (χ4n) is 2.45. The van der Waals surface area contributed by atoms with Gasteiger partial charge in [-0.1, -0.05) is 5.16 Å². The van der Waals surface area contributed by atoms with E-state index in [0.717, 1.165) is 19.4 Å². The highest BCUT2D eigenvalue weighted by atomic mass is 16.5. The summed E-state index contributed by atoms with van der Waals surface area (Å²) in [7, 11) is 0. The molecule has 0 bridgehead atoms. The Bertz CT molecular complexity index is 400. The lowest BCUT2D eigenvalue weighted by molar-refractivity contribution is 0.00768. The SMILES string of the molecule is CC1(c2noc([C@@H]3CC(O)CN3)n2)CCCO1. The molecule has 0 saturated carbocycles. The lowest BCUT2D eigenvalue weighted by Crippen LogP contribution is -2.22. The van der Waals surface area contributed by atoms with Gasteiger partial charge in [0.1, 0.15) is 5.60 Å².